The molecule has 0 fully saturated rings. The Bertz CT molecular complexity index is 680. The van der Waals surface area contributed by atoms with Gasteiger partial charge in [0.2, 0.25) is 0 Å². The second kappa shape index (κ2) is 5.24. The Morgan fingerprint density at radius 1 is 1.14 bits per heavy atom. The quantitative estimate of drug-likeness (QED) is 0.676. The van der Waals surface area contributed by atoms with Crippen LogP contribution in [0.4, 0.5) is 5.69 Å². The molecule has 6 nitrogen and oxygen atoms in total. The van der Waals surface area contributed by atoms with Crippen LogP contribution in [0.5, 0.6) is 5.75 Å². The summed E-state index contributed by atoms with van der Waals surface area (Å²) in [6, 6.07) is 10.2. The van der Waals surface area contributed by atoms with E-state index in [1.165, 1.54) is 6.20 Å². The number of ether oxygens (including phenoxy) is 1. The molecule has 0 unspecified atom stereocenters. The highest BCUT2D eigenvalue weighted by Gasteiger charge is 2.36. The highest BCUT2D eigenvalue weighted by Crippen LogP contribution is 2.20. The number of benzene rings is 1. The van der Waals surface area contributed by atoms with Gasteiger partial charge in [-0.1, -0.05) is 6.07 Å². The van der Waals surface area contributed by atoms with Crippen LogP contribution in [-0.2, 0) is 0 Å². The Hall–Kier alpha value is -2.89. The second-order valence-corrected chi connectivity index (χ2v) is 4.58. The van der Waals surface area contributed by atoms with Gasteiger partial charge >= 0.3 is 0 Å². The summed E-state index contributed by atoms with van der Waals surface area (Å²) in [7, 11) is 0. The highest BCUT2D eigenvalue weighted by atomic mass is 16.5. The van der Waals surface area contributed by atoms with Crippen molar-refractivity contribution in [2.45, 2.75) is 0 Å². The van der Waals surface area contributed by atoms with Crippen LogP contribution in [0, 0.1) is 0 Å². The molecule has 1 aromatic carbocycles. The number of amides is 2. The molecular formula is C15H13N3O3. The molecule has 1 aliphatic heterocycles. The van der Waals surface area contributed by atoms with Gasteiger partial charge < -0.3 is 10.5 Å². The standard InChI is InChI=1S/C15H13N3O3/c16-10-3-1-4-11(9-10)21-8-7-18-14(19)12-5-2-6-17-13(12)15(18)20/h1-6,9H,7-8,16H2. The van der Waals surface area contributed by atoms with Crippen molar-refractivity contribution < 1.29 is 14.3 Å². The first-order chi connectivity index (χ1) is 10.2. The first-order valence-electron chi connectivity index (χ1n) is 6.46. The van der Waals surface area contributed by atoms with Gasteiger partial charge in [-0.3, -0.25) is 19.5 Å². The lowest BCUT2D eigenvalue weighted by Gasteiger charge is -2.14. The van der Waals surface area contributed by atoms with E-state index >= 15 is 0 Å². The zero-order valence-corrected chi connectivity index (χ0v) is 11.2. The van der Waals surface area contributed by atoms with E-state index in [0.717, 1.165) is 4.90 Å². The largest absolute Gasteiger partial charge is 0.492 e. The topological polar surface area (TPSA) is 85.5 Å². The van der Waals surface area contributed by atoms with Crippen LogP contribution in [0.25, 0.3) is 0 Å². The fraction of sp³-hybridized carbons (Fsp3) is 0.133. The summed E-state index contributed by atoms with van der Waals surface area (Å²) < 4.78 is 5.50. The van der Waals surface area contributed by atoms with Crippen LogP contribution in [0.15, 0.2) is 42.6 Å². The van der Waals surface area contributed by atoms with Gasteiger partial charge in [-0.25, -0.2) is 0 Å². The van der Waals surface area contributed by atoms with Crippen molar-refractivity contribution in [1.82, 2.24) is 9.88 Å². The maximum absolute atomic E-state index is 12.1. The average Bonchev–Trinajstić information content (AvgIpc) is 2.73. The highest BCUT2D eigenvalue weighted by molar-refractivity contribution is 6.20. The number of hydrogen-bond acceptors (Lipinski definition) is 5. The van der Waals surface area contributed by atoms with Crippen LogP contribution < -0.4 is 10.5 Å². The molecule has 0 saturated carbocycles. The summed E-state index contributed by atoms with van der Waals surface area (Å²) >= 11 is 0. The van der Waals surface area contributed by atoms with Gasteiger partial charge in [0.25, 0.3) is 11.8 Å². The predicted molar refractivity (Wildman–Crippen MR) is 76.0 cm³/mol. The van der Waals surface area contributed by atoms with E-state index < -0.39 is 0 Å². The molecule has 1 aromatic heterocycles. The SMILES string of the molecule is Nc1cccc(OCCN2C(=O)c3cccnc3C2=O)c1. The van der Waals surface area contributed by atoms with Crippen LogP contribution >= 0.6 is 0 Å². The van der Waals surface area contributed by atoms with E-state index in [1.54, 1.807) is 36.4 Å². The maximum Gasteiger partial charge on any atom is 0.280 e. The number of nitrogens with two attached hydrogens (primary N) is 1. The molecule has 0 radical (unpaired) electrons. The number of carbonyl (C=O) groups is 2. The molecule has 1 aliphatic rings. The Labute approximate surface area is 121 Å². The van der Waals surface area contributed by atoms with Crippen molar-refractivity contribution in [2.24, 2.45) is 0 Å². The Morgan fingerprint density at radius 3 is 2.76 bits per heavy atom. The average molecular weight is 283 g/mol. The van der Waals surface area contributed by atoms with Gasteiger partial charge in [0.15, 0.2) is 0 Å². The van der Waals surface area contributed by atoms with E-state index in [1.807, 2.05) is 0 Å². The fourth-order valence-corrected chi connectivity index (χ4v) is 2.18. The van der Waals surface area contributed by atoms with E-state index in [0.29, 0.717) is 17.0 Å². The van der Waals surface area contributed by atoms with E-state index in [9.17, 15) is 9.59 Å². The molecule has 0 saturated heterocycles. The maximum atomic E-state index is 12.1. The van der Waals surface area contributed by atoms with Crippen molar-refractivity contribution in [3.05, 3.63) is 53.9 Å². The second-order valence-electron chi connectivity index (χ2n) is 4.58. The number of nitrogens with zero attached hydrogens (tertiary/aromatic N) is 2. The molecule has 0 spiro atoms. The number of nitrogen functional groups attached to an aromatic ring is 1. The summed E-state index contributed by atoms with van der Waals surface area (Å²) in [5.41, 5.74) is 6.78. The Morgan fingerprint density at radius 2 is 2.00 bits per heavy atom. The minimum atomic E-state index is -0.383. The van der Waals surface area contributed by atoms with Crippen molar-refractivity contribution in [1.29, 1.82) is 0 Å². The number of hydrogen-bond donors (Lipinski definition) is 1. The molecule has 2 amide bonds. The first kappa shape index (κ1) is 13.1. The van der Waals surface area contributed by atoms with Gasteiger partial charge in [0.05, 0.1) is 12.1 Å². The summed E-state index contributed by atoms with van der Waals surface area (Å²) in [5.74, 6) is -0.115. The van der Waals surface area contributed by atoms with Crippen molar-refractivity contribution >= 4 is 17.5 Å². The lowest BCUT2D eigenvalue weighted by Crippen LogP contribution is -2.33. The van der Waals surface area contributed by atoms with Crippen LogP contribution in [0.1, 0.15) is 20.8 Å². The third-order valence-corrected chi connectivity index (χ3v) is 3.17. The van der Waals surface area contributed by atoms with Crippen LogP contribution in [-0.4, -0.2) is 34.8 Å². The van der Waals surface area contributed by atoms with E-state index in [-0.39, 0.29) is 30.7 Å². The fourth-order valence-electron chi connectivity index (χ4n) is 2.18. The van der Waals surface area contributed by atoms with E-state index in [2.05, 4.69) is 4.98 Å². The van der Waals surface area contributed by atoms with Crippen molar-refractivity contribution in [3.8, 4) is 5.75 Å². The summed E-state index contributed by atoms with van der Waals surface area (Å²) in [6.45, 7) is 0.373. The molecule has 6 heteroatoms. The summed E-state index contributed by atoms with van der Waals surface area (Å²) in [6.07, 6.45) is 1.50. The van der Waals surface area contributed by atoms with Crippen LogP contribution in [0.2, 0.25) is 0 Å². The van der Waals surface area contributed by atoms with Crippen molar-refractivity contribution in [3.63, 3.8) is 0 Å². The van der Waals surface area contributed by atoms with Crippen molar-refractivity contribution in [2.75, 3.05) is 18.9 Å². The minimum Gasteiger partial charge on any atom is -0.492 e. The molecule has 0 aliphatic carbocycles. The molecule has 106 valence electrons. The monoisotopic (exact) mass is 283 g/mol. The Balaban J connectivity index is 1.65. The Kier molecular flexibility index (Phi) is 3.27. The smallest absolute Gasteiger partial charge is 0.280 e. The van der Waals surface area contributed by atoms with Gasteiger partial charge in [0.1, 0.15) is 18.1 Å². The number of anilines is 1. The number of carbonyl (C=O) groups excluding carboxylic acids is 2. The van der Waals surface area contributed by atoms with Gasteiger partial charge in [0, 0.05) is 18.0 Å². The van der Waals surface area contributed by atoms with Gasteiger partial charge in [-0.2, -0.15) is 0 Å². The number of aromatic nitrogens is 1. The molecular weight excluding hydrogens is 270 g/mol. The van der Waals surface area contributed by atoms with Crippen LogP contribution in [0.3, 0.4) is 0 Å². The van der Waals surface area contributed by atoms with E-state index in [4.69, 9.17) is 10.5 Å². The molecule has 21 heavy (non-hydrogen) atoms. The third kappa shape index (κ3) is 2.43. The number of pyridine rings is 1. The lowest BCUT2D eigenvalue weighted by molar-refractivity contribution is 0.0629. The first-order valence-corrected chi connectivity index (χ1v) is 6.46. The molecule has 0 bridgehead atoms. The lowest BCUT2D eigenvalue weighted by atomic mass is 10.2. The summed E-state index contributed by atoms with van der Waals surface area (Å²) in [4.78, 5) is 29.3. The summed E-state index contributed by atoms with van der Waals surface area (Å²) in [5, 5.41) is 0. The number of rotatable bonds is 4. The molecule has 2 N–H and O–H groups in total. The molecule has 2 aromatic rings. The zero-order chi connectivity index (χ0) is 14.8. The number of imide groups is 1. The normalized spacial score (nSPS) is 13.4. The molecule has 0 atom stereocenters. The molecule has 3 rings (SSSR count). The van der Waals surface area contributed by atoms with Gasteiger partial charge in [-0.05, 0) is 24.3 Å². The minimum absolute atomic E-state index is 0.169. The number of fused-ring (bicyclic) bond motifs is 1. The third-order valence-electron chi connectivity index (χ3n) is 3.17. The predicted octanol–water partition coefficient (Wildman–Crippen LogP) is 1.34. The van der Waals surface area contributed by atoms with Gasteiger partial charge in [-0.15, -0.1) is 0 Å². The zero-order valence-electron chi connectivity index (χ0n) is 11.2. The molecule has 2 heterocycles.